The van der Waals surface area contributed by atoms with E-state index >= 15 is 0 Å². The van der Waals surface area contributed by atoms with Crippen molar-refractivity contribution in [1.82, 2.24) is 20.4 Å². The number of ether oxygens (including phenoxy) is 1. The second-order valence-corrected chi connectivity index (χ2v) is 8.97. The molecular weight excluding hydrogens is 505 g/mol. The molecular formula is C24H25BrFN5O3. The Labute approximate surface area is 205 Å². The predicted molar refractivity (Wildman–Crippen MR) is 130 cm³/mol. The molecule has 0 saturated carbocycles. The Morgan fingerprint density at radius 2 is 2.00 bits per heavy atom. The number of aromatic nitrogens is 2. The van der Waals surface area contributed by atoms with Gasteiger partial charge in [0.1, 0.15) is 11.9 Å². The molecule has 0 spiro atoms. The van der Waals surface area contributed by atoms with E-state index in [1.54, 1.807) is 16.8 Å². The second kappa shape index (κ2) is 10.4. The third-order valence-corrected chi connectivity index (χ3v) is 6.12. The Bertz CT molecular complexity index is 1200. The summed E-state index contributed by atoms with van der Waals surface area (Å²) in [6, 6.07) is 12.3. The first-order valence-corrected chi connectivity index (χ1v) is 11.6. The number of carbonyl (C=O) groups is 2. The van der Waals surface area contributed by atoms with Crippen LogP contribution in [-0.2, 0) is 29.7 Å². The van der Waals surface area contributed by atoms with Crippen LogP contribution in [0.4, 0.5) is 14.9 Å². The number of hydrogen-bond donors (Lipinski definition) is 2. The van der Waals surface area contributed by atoms with Crippen molar-refractivity contribution in [2.24, 2.45) is 7.05 Å². The summed E-state index contributed by atoms with van der Waals surface area (Å²) in [7, 11) is 1.88. The lowest BCUT2D eigenvalue weighted by Crippen LogP contribution is -2.33. The highest BCUT2D eigenvalue weighted by Gasteiger charge is 2.32. The molecule has 2 amide bonds. The smallest absolute Gasteiger partial charge is 0.414 e. The van der Waals surface area contributed by atoms with Crippen LogP contribution in [-0.4, -0.2) is 41.0 Å². The number of benzene rings is 2. The second-order valence-electron chi connectivity index (χ2n) is 8.12. The first-order valence-electron chi connectivity index (χ1n) is 10.8. The van der Waals surface area contributed by atoms with Gasteiger partial charge < -0.3 is 15.4 Å². The summed E-state index contributed by atoms with van der Waals surface area (Å²) in [6.07, 6.45) is 0.874. The molecule has 3 aromatic rings. The Morgan fingerprint density at radius 3 is 2.65 bits per heavy atom. The molecule has 1 aromatic heterocycles. The average Bonchev–Trinajstić information content (AvgIpc) is 3.33. The van der Waals surface area contributed by atoms with Crippen molar-refractivity contribution in [3.8, 4) is 11.1 Å². The maximum Gasteiger partial charge on any atom is 0.414 e. The zero-order chi connectivity index (χ0) is 24.2. The van der Waals surface area contributed by atoms with E-state index in [2.05, 4.69) is 31.7 Å². The highest BCUT2D eigenvalue weighted by molar-refractivity contribution is 9.10. The van der Waals surface area contributed by atoms with E-state index in [1.807, 2.05) is 37.5 Å². The Balaban J connectivity index is 1.37. The molecule has 0 bridgehead atoms. The molecule has 0 unspecified atom stereocenters. The van der Waals surface area contributed by atoms with Gasteiger partial charge in [-0.3, -0.25) is 14.4 Å². The van der Waals surface area contributed by atoms with Gasteiger partial charge in [0.05, 0.1) is 28.9 Å². The molecule has 4 rings (SSSR count). The van der Waals surface area contributed by atoms with Gasteiger partial charge >= 0.3 is 6.09 Å². The third-order valence-electron chi connectivity index (χ3n) is 5.46. The number of amides is 2. The van der Waals surface area contributed by atoms with Crippen molar-refractivity contribution < 1.29 is 18.7 Å². The number of nitrogens with zero attached hydrogens (tertiary/aromatic N) is 3. The van der Waals surface area contributed by atoms with Crippen LogP contribution in [0.1, 0.15) is 18.2 Å². The lowest BCUT2D eigenvalue weighted by atomic mass is 10.0. The molecule has 10 heteroatoms. The van der Waals surface area contributed by atoms with E-state index in [0.717, 1.165) is 21.3 Å². The fraction of sp³-hybridized carbons (Fsp3) is 0.292. The molecule has 1 atom stereocenters. The van der Waals surface area contributed by atoms with Gasteiger partial charge in [-0.15, -0.1) is 0 Å². The normalized spacial score (nSPS) is 15.5. The highest BCUT2D eigenvalue weighted by Crippen LogP contribution is 2.29. The molecule has 1 saturated heterocycles. The molecule has 8 nitrogen and oxygen atoms in total. The van der Waals surface area contributed by atoms with Crippen LogP contribution in [0.3, 0.4) is 0 Å². The molecule has 0 aliphatic carbocycles. The first kappa shape index (κ1) is 23.9. The van der Waals surface area contributed by atoms with Gasteiger partial charge in [0.25, 0.3) is 0 Å². The third kappa shape index (κ3) is 5.63. The molecule has 34 heavy (non-hydrogen) atoms. The van der Waals surface area contributed by atoms with Crippen molar-refractivity contribution >= 4 is 33.6 Å². The van der Waals surface area contributed by atoms with Crippen molar-refractivity contribution in [2.75, 3.05) is 18.0 Å². The van der Waals surface area contributed by atoms with Crippen LogP contribution < -0.4 is 15.5 Å². The van der Waals surface area contributed by atoms with E-state index in [9.17, 15) is 14.0 Å². The van der Waals surface area contributed by atoms with Gasteiger partial charge in [0, 0.05) is 38.8 Å². The monoisotopic (exact) mass is 529 g/mol. The fourth-order valence-electron chi connectivity index (χ4n) is 3.76. The van der Waals surface area contributed by atoms with Gasteiger partial charge in [0.2, 0.25) is 5.91 Å². The molecule has 2 heterocycles. The predicted octanol–water partition coefficient (Wildman–Crippen LogP) is 3.74. The number of anilines is 1. The van der Waals surface area contributed by atoms with Crippen molar-refractivity contribution in [2.45, 2.75) is 26.1 Å². The Hall–Kier alpha value is -3.24. The van der Waals surface area contributed by atoms with E-state index in [-0.39, 0.29) is 19.0 Å². The van der Waals surface area contributed by atoms with Crippen LogP contribution in [0.25, 0.3) is 11.1 Å². The SMILES string of the molecule is CC(=O)NC[C@H]1CN(c2ccc(-c3ccc(CNCc4nn(C)cc4Br)cc3)c(F)c2)C(=O)O1. The number of carbonyl (C=O) groups excluding carboxylic acids is 2. The van der Waals surface area contributed by atoms with E-state index < -0.39 is 18.0 Å². The maximum absolute atomic E-state index is 14.9. The number of aryl methyl sites for hydroxylation is 1. The van der Waals surface area contributed by atoms with Gasteiger partial charge in [-0.1, -0.05) is 24.3 Å². The number of nitrogens with one attached hydrogen (secondary N) is 2. The summed E-state index contributed by atoms with van der Waals surface area (Å²) in [6.45, 7) is 3.14. The fourth-order valence-corrected chi connectivity index (χ4v) is 4.27. The highest BCUT2D eigenvalue weighted by atomic mass is 79.9. The minimum Gasteiger partial charge on any atom is -0.442 e. The number of cyclic esters (lactones) is 1. The summed E-state index contributed by atoms with van der Waals surface area (Å²) in [4.78, 5) is 24.6. The maximum atomic E-state index is 14.9. The lowest BCUT2D eigenvalue weighted by Gasteiger charge is -2.15. The summed E-state index contributed by atoms with van der Waals surface area (Å²) in [5.41, 5.74) is 3.61. The minimum atomic E-state index is -0.558. The van der Waals surface area contributed by atoms with Crippen LogP contribution in [0.2, 0.25) is 0 Å². The van der Waals surface area contributed by atoms with Crippen molar-refractivity contribution in [3.63, 3.8) is 0 Å². The standard InChI is InChI=1S/C24H25BrFN5O3/c1-15(32)28-11-19-13-31(24(33)34-19)18-7-8-20(22(26)9-18)17-5-3-16(4-6-17)10-27-12-23-21(25)14-30(2)29-23/h3-9,14,19,27H,10-13H2,1-2H3,(H,28,32)/t19-/m0/s1. The summed E-state index contributed by atoms with van der Waals surface area (Å²) >= 11 is 3.49. The van der Waals surface area contributed by atoms with Crippen molar-refractivity contribution in [3.05, 3.63) is 70.2 Å². The summed E-state index contributed by atoms with van der Waals surface area (Å²) in [5, 5.41) is 10.4. The molecule has 178 valence electrons. The van der Waals surface area contributed by atoms with Gasteiger partial charge in [-0.25, -0.2) is 9.18 Å². The molecule has 1 fully saturated rings. The lowest BCUT2D eigenvalue weighted by molar-refractivity contribution is -0.119. The Kier molecular flexibility index (Phi) is 7.28. The molecule has 1 aliphatic rings. The zero-order valence-corrected chi connectivity index (χ0v) is 20.4. The average molecular weight is 530 g/mol. The summed E-state index contributed by atoms with van der Waals surface area (Å²) in [5.74, 6) is -0.630. The van der Waals surface area contributed by atoms with Gasteiger partial charge in [-0.2, -0.15) is 5.10 Å². The van der Waals surface area contributed by atoms with E-state index in [4.69, 9.17) is 4.74 Å². The van der Waals surface area contributed by atoms with Crippen molar-refractivity contribution in [1.29, 1.82) is 0 Å². The minimum absolute atomic E-state index is 0.201. The number of rotatable bonds is 8. The molecule has 1 aliphatic heterocycles. The number of halogens is 2. The van der Waals surface area contributed by atoms with E-state index in [1.165, 1.54) is 17.9 Å². The molecule has 0 radical (unpaired) electrons. The molecule has 2 aromatic carbocycles. The largest absolute Gasteiger partial charge is 0.442 e. The zero-order valence-electron chi connectivity index (χ0n) is 18.8. The van der Waals surface area contributed by atoms with Gasteiger partial charge in [0.15, 0.2) is 0 Å². The first-order chi connectivity index (χ1) is 16.3. The van der Waals surface area contributed by atoms with Crippen LogP contribution >= 0.6 is 15.9 Å². The quantitative estimate of drug-likeness (QED) is 0.464. The summed E-state index contributed by atoms with van der Waals surface area (Å²) < 4.78 is 22.9. The van der Waals surface area contributed by atoms with E-state index in [0.29, 0.717) is 24.3 Å². The topological polar surface area (TPSA) is 88.5 Å². The van der Waals surface area contributed by atoms with Crippen LogP contribution in [0.5, 0.6) is 0 Å². The van der Waals surface area contributed by atoms with Crippen LogP contribution in [0.15, 0.2) is 53.1 Å². The number of hydrogen-bond acceptors (Lipinski definition) is 5. The van der Waals surface area contributed by atoms with Gasteiger partial charge in [-0.05, 0) is 45.3 Å². The Morgan fingerprint density at radius 1 is 1.24 bits per heavy atom. The van der Waals surface area contributed by atoms with Crippen LogP contribution in [0, 0.1) is 5.82 Å². The molecule has 2 N–H and O–H groups in total.